The Bertz CT molecular complexity index is 147. The number of aliphatic hydroxyl groups is 2. The first-order valence-corrected chi connectivity index (χ1v) is 4.53. The summed E-state index contributed by atoms with van der Waals surface area (Å²) in [6.45, 7) is 0. The molecule has 1 fully saturated rings. The number of rotatable bonds is 3. The molecule has 70 valence electrons. The largest absolute Gasteiger partial charge is 0.393 e. The molecule has 2 N–H and O–H groups in total. The van der Waals surface area contributed by atoms with Crippen molar-refractivity contribution in [3.8, 4) is 0 Å². The molecular weight excluding hydrogens is 156 g/mol. The van der Waals surface area contributed by atoms with Crippen LogP contribution in [0.1, 0.15) is 32.1 Å². The average Bonchev–Trinajstić information content (AvgIpc) is 2.04. The minimum absolute atomic E-state index is 0.220. The Hall–Kier alpha value is -0.410. The molecule has 0 aromatic carbocycles. The van der Waals surface area contributed by atoms with Gasteiger partial charge in [0.05, 0.1) is 6.10 Å². The van der Waals surface area contributed by atoms with Gasteiger partial charge in [0.2, 0.25) is 0 Å². The molecule has 0 spiro atoms. The van der Waals surface area contributed by atoms with E-state index in [0.717, 1.165) is 25.7 Å². The van der Waals surface area contributed by atoms with Gasteiger partial charge >= 0.3 is 0 Å². The SMILES string of the molecule is O=CC(O)CC1CCCC(O)C1. The molecule has 3 unspecified atom stereocenters. The third kappa shape index (κ3) is 2.91. The predicted octanol–water partition coefficient (Wildman–Crippen LogP) is 0.487. The molecule has 3 heteroatoms. The predicted molar refractivity (Wildman–Crippen MR) is 44.7 cm³/mol. The Labute approximate surface area is 72.4 Å². The zero-order valence-electron chi connectivity index (χ0n) is 7.15. The molecule has 12 heavy (non-hydrogen) atoms. The van der Waals surface area contributed by atoms with Crippen LogP contribution in [0.15, 0.2) is 0 Å². The first-order valence-electron chi connectivity index (χ1n) is 4.53. The molecule has 0 bridgehead atoms. The summed E-state index contributed by atoms with van der Waals surface area (Å²) in [5.41, 5.74) is 0. The lowest BCUT2D eigenvalue weighted by molar-refractivity contribution is -0.115. The van der Waals surface area contributed by atoms with E-state index in [1.54, 1.807) is 0 Å². The molecule has 0 radical (unpaired) electrons. The topological polar surface area (TPSA) is 57.5 Å². The summed E-state index contributed by atoms with van der Waals surface area (Å²) in [6.07, 6.45) is 3.68. The molecular formula is C9H16O3. The van der Waals surface area contributed by atoms with Gasteiger partial charge in [-0.25, -0.2) is 0 Å². The summed E-state index contributed by atoms with van der Waals surface area (Å²) in [4.78, 5) is 10.1. The molecule has 1 aliphatic rings. The molecule has 0 aromatic heterocycles. The lowest BCUT2D eigenvalue weighted by Gasteiger charge is -2.26. The fourth-order valence-electron chi connectivity index (χ4n) is 1.87. The number of carbonyl (C=O) groups excluding carboxylic acids is 1. The maximum absolute atomic E-state index is 10.1. The summed E-state index contributed by atoms with van der Waals surface area (Å²) in [5.74, 6) is 0.328. The van der Waals surface area contributed by atoms with Crippen LogP contribution >= 0.6 is 0 Å². The minimum Gasteiger partial charge on any atom is -0.393 e. The van der Waals surface area contributed by atoms with Gasteiger partial charge < -0.3 is 15.0 Å². The van der Waals surface area contributed by atoms with Crippen LogP contribution in [-0.4, -0.2) is 28.7 Å². The molecule has 1 saturated carbocycles. The highest BCUT2D eigenvalue weighted by Crippen LogP contribution is 2.27. The van der Waals surface area contributed by atoms with Gasteiger partial charge in [-0.3, -0.25) is 0 Å². The van der Waals surface area contributed by atoms with Gasteiger partial charge in [-0.2, -0.15) is 0 Å². The zero-order valence-corrected chi connectivity index (χ0v) is 7.15. The minimum atomic E-state index is -0.833. The van der Waals surface area contributed by atoms with Crippen LogP contribution in [0.5, 0.6) is 0 Å². The van der Waals surface area contributed by atoms with E-state index in [1.807, 2.05) is 0 Å². The monoisotopic (exact) mass is 172 g/mol. The van der Waals surface area contributed by atoms with E-state index in [4.69, 9.17) is 5.11 Å². The highest BCUT2D eigenvalue weighted by Gasteiger charge is 2.21. The summed E-state index contributed by atoms with van der Waals surface area (Å²) >= 11 is 0. The van der Waals surface area contributed by atoms with Crippen LogP contribution in [0.4, 0.5) is 0 Å². The molecule has 0 saturated heterocycles. The van der Waals surface area contributed by atoms with Crippen LogP contribution in [-0.2, 0) is 4.79 Å². The Morgan fingerprint density at radius 3 is 2.83 bits per heavy atom. The van der Waals surface area contributed by atoms with E-state index in [-0.39, 0.29) is 6.10 Å². The van der Waals surface area contributed by atoms with E-state index in [9.17, 15) is 9.90 Å². The van der Waals surface area contributed by atoms with Crippen molar-refractivity contribution in [1.82, 2.24) is 0 Å². The highest BCUT2D eigenvalue weighted by atomic mass is 16.3. The number of aldehydes is 1. The van der Waals surface area contributed by atoms with Gasteiger partial charge in [-0.15, -0.1) is 0 Å². The van der Waals surface area contributed by atoms with Gasteiger partial charge in [0.1, 0.15) is 12.4 Å². The van der Waals surface area contributed by atoms with Crippen molar-refractivity contribution in [3.63, 3.8) is 0 Å². The second kappa shape index (κ2) is 4.58. The summed E-state index contributed by atoms with van der Waals surface area (Å²) in [7, 11) is 0. The van der Waals surface area contributed by atoms with Crippen LogP contribution in [0.3, 0.4) is 0 Å². The number of carbonyl (C=O) groups is 1. The zero-order chi connectivity index (χ0) is 8.97. The van der Waals surface area contributed by atoms with Gasteiger partial charge in [-0.05, 0) is 25.2 Å². The Balaban J connectivity index is 2.26. The van der Waals surface area contributed by atoms with Crippen LogP contribution < -0.4 is 0 Å². The summed E-state index contributed by atoms with van der Waals surface area (Å²) < 4.78 is 0. The van der Waals surface area contributed by atoms with Crippen molar-refractivity contribution in [1.29, 1.82) is 0 Å². The molecule has 3 nitrogen and oxygen atoms in total. The van der Waals surface area contributed by atoms with Crippen LogP contribution in [0.25, 0.3) is 0 Å². The lowest BCUT2D eigenvalue weighted by Crippen LogP contribution is -2.23. The summed E-state index contributed by atoms with van der Waals surface area (Å²) in [6, 6.07) is 0. The third-order valence-electron chi connectivity index (χ3n) is 2.49. The molecule has 0 amide bonds. The van der Waals surface area contributed by atoms with E-state index in [0.29, 0.717) is 18.6 Å². The Morgan fingerprint density at radius 1 is 1.50 bits per heavy atom. The number of aliphatic hydroxyl groups excluding tert-OH is 2. The van der Waals surface area contributed by atoms with Crippen molar-refractivity contribution in [3.05, 3.63) is 0 Å². The highest BCUT2D eigenvalue weighted by molar-refractivity contribution is 5.55. The van der Waals surface area contributed by atoms with Crippen molar-refractivity contribution < 1.29 is 15.0 Å². The number of hydrogen-bond donors (Lipinski definition) is 2. The van der Waals surface area contributed by atoms with Crippen LogP contribution in [0.2, 0.25) is 0 Å². The van der Waals surface area contributed by atoms with E-state index < -0.39 is 6.10 Å². The molecule has 1 aliphatic carbocycles. The van der Waals surface area contributed by atoms with E-state index in [2.05, 4.69) is 0 Å². The molecule has 0 heterocycles. The maximum Gasteiger partial charge on any atom is 0.148 e. The van der Waals surface area contributed by atoms with Gasteiger partial charge in [0.25, 0.3) is 0 Å². The second-order valence-corrected chi connectivity index (χ2v) is 3.63. The van der Waals surface area contributed by atoms with Crippen molar-refractivity contribution >= 4 is 6.29 Å². The van der Waals surface area contributed by atoms with Crippen LogP contribution in [0, 0.1) is 5.92 Å². The normalized spacial score (nSPS) is 32.8. The maximum atomic E-state index is 10.1. The van der Waals surface area contributed by atoms with Crippen molar-refractivity contribution in [2.24, 2.45) is 5.92 Å². The van der Waals surface area contributed by atoms with Crippen molar-refractivity contribution in [2.45, 2.75) is 44.3 Å². The van der Waals surface area contributed by atoms with Gasteiger partial charge in [-0.1, -0.05) is 12.8 Å². The molecule has 0 aliphatic heterocycles. The third-order valence-corrected chi connectivity index (χ3v) is 2.49. The second-order valence-electron chi connectivity index (χ2n) is 3.63. The standard InChI is InChI=1S/C9H16O3/c10-6-9(12)5-7-2-1-3-8(11)4-7/h6-9,11-12H,1-5H2. The lowest BCUT2D eigenvalue weighted by atomic mass is 9.84. The quantitative estimate of drug-likeness (QED) is 0.609. The molecule has 0 aromatic rings. The van der Waals surface area contributed by atoms with E-state index >= 15 is 0 Å². The average molecular weight is 172 g/mol. The molecule has 3 atom stereocenters. The van der Waals surface area contributed by atoms with Gasteiger partial charge in [0, 0.05) is 0 Å². The fourth-order valence-corrected chi connectivity index (χ4v) is 1.87. The van der Waals surface area contributed by atoms with Gasteiger partial charge in [0.15, 0.2) is 0 Å². The smallest absolute Gasteiger partial charge is 0.148 e. The Morgan fingerprint density at radius 2 is 2.25 bits per heavy atom. The Kier molecular flexibility index (Phi) is 3.69. The fraction of sp³-hybridized carbons (Fsp3) is 0.889. The molecule has 1 rings (SSSR count). The first kappa shape index (κ1) is 9.68. The summed E-state index contributed by atoms with van der Waals surface area (Å²) in [5, 5.41) is 18.3. The number of hydrogen-bond acceptors (Lipinski definition) is 3. The first-order chi connectivity index (χ1) is 5.72. The van der Waals surface area contributed by atoms with E-state index in [1.165, 1.54) is 0 Å². The van der Waals surface area contributed by atoms with Crippen molar-refractivity contribution in [2.75, 3.05) is 0 Å².